The first-order chi connectivity index (χ1) is 6.91. The van der Waals surface area contributed by atoms with Gasteiger partial charge in [-0.2, -0.15) is 4.39 Å². The fourth-order valence-electron chi connectivity index (χ4n) is 0.908. The van der Waals surface area contributed by atoms with Gasteiger partial charge in [0.05, 0.1) is 12.7 Å². The van der Waals surface area contributed by atoms with Crippen LogP contribution >= 0.6 is 12.4 Å². The highest BCUT2D eigenvalue weighted by atomic mass is 35.5. The molecule has 0 radical (unpaired) electrons. The van der Waals surface area contributed by atoms with E-state index in [0.29, 0.717) is 10.8 Å². The van der Waals surface area contributed by atoms with Crippen LogP contribution in [-0.2, 0) is 11.3 Å². The molecule has 1 aromatic heterocycles. The van der Waals surface area contributed by atoms with Crippen LogP contribution in [0.25, 0.3) is 0 Å². The Morgan fingerprint density at radius 3 is 2.69 bits per heavy atom. The number of carboxylic acids is 1. The van der Waals surface area contributed by atoms with Crippen LogP contribution in [-0.4, -0.2) is 26.7 Å². The van der Waals surface area contributed by atoms with Crippen molar-refractivity contribution in [2.75, 3.05) is 0 Å². The third-order valence-corrected chi connectivity index (χ3v) is 1.68. The van der Waals surface area contributed by atoms with Gasteiger partial charge in [0.15, 0.2) is 0 Å². The second-order valence-corrected chi connectivity index (χ2v) is 2.83. The fourth-order valence-corrected chi connectivity index (χ4v) is 0.908. The molecule has 9 heteroatoms. The molecule has 0 aliphatic carbocycles. The Morgan fingerprint density at radius 1 is 1.62 bits per heavy atom. The molecule has 1 aromatic rings. The molecule has 0 aliphatic rings. The highest BCUT2D eigenvalue weighted by Gasteiger charge is 2.13. The molecule has 0 amide bonds. The number of nitrogens with one attached hydrogen (secondary N) is 1. The third-order valence-electron chi connectivity index (χ3n) is 1.68. The molecule has 0 saturated heterocycles. The molecule has 1 heterocycles. The summed E-state index contributed by atoms with van der Waals surface area (Å²) in [7, 11) is 0. The average molecular weight is 254 g/mol. The van der Waals surface area contributed by atoms with Gasteiger partial charge in [-0.05, 0) is 0 Å². The molecule has 0 fully saturated rings. The summed E-state index contributed by atoms with van der Waals surface area (Å²) in [5.74, 6) is -2.50. The lowest BCUT2D eigenvalue weighted by atomic mass is 10.3. The summed E-state index contributed by atoms with van der Waals surface area (Å²) in [4.78, 5) is 33.7. The summed E-state index contributed by atoms with van der Waals surface area (Å²) in [6.07, 6.45) is 0.615. The zero-order valence-electron chi connectivity index (χ0n) is 7.84. The number of hydrogen-bond donors (Lipinski definition) is 3. The van der Waals surface area contributed by atoms with E-state index < -0.39 is 35.6 Å². The molecule has 4 N–H and O–H groups in total. The van der Waals surface area contributed by atoms with Crippen LogP contribution < -0.4 is 17.0 Å². The molecule has 7 nitrogen and oxygen atoms in total. The van der Waals surface area contributed by atoms with Crippen molar-refractivity contribution in [3.63, 3.8) is 0 Å². The monoisotopic (exact) mass is 253 g/mol. The van der Waals surface area contributed by atoms with E-state index in [1.807, 2.05) is 0 Å². The number of aliphatic carboxylic acids is 1. The summed E-state index contributed by atoms with van der Waals surface area (Å²) in [6.45, 7) is -0.415. The predicted molar refractivity (Wildman–Crippen MR) is 54.1 cm³/mol. The van der Waals surface area contributed by atoms with E-state index >= 15 is 0 Å². The minimum absolute atomic E-state index is 0. The van der Waals surface area contributed by atoms with Gasteiger partial charge < -0.3 is 10.8 Å². The van der Waals surface area contributed by atoms with Crippen LogP contribution in [0.2, 0.25) is 0 Å². The molecule has 1 atom stereocenters. The Kier molecular flexibility index (Phi) is 4.86. The van der Waals surface area contributed by atoms with E-state index in [1.165, 1.54) is 0 Å². The first kappa shape index (κ1) is 14.3. The highest BCUT2D eigenvalue weighted by Crippen LogP contribution is 1.88. The van der Waals surface area contributed by atoms with Crippen LogP contribution in [0.3, 0.4) is 0 Å². The lowest BCUT2D eigenvalue weighted by Crippen LogP contribution is -2.40. The molecule has 16 heavy (non-hydrogen) atoms. The topological polar surface area (TPSA) is 118 Å². The number of halogens is 2. The normalized spacial score (nSPS) is 11.6. The number of rotatable bonds is 3. The molecule has 0 saturated carbocycles. The molecular weight excluding hydrogens is 245 g/mol. The van der Waals surface area contributed by atoms with Gasteiger partial charge >= 0.3 is 11.7 Å². The Hall–Kier alpha value is -1.67. The number of nitrogens with zero attached hydrogens (tertiary/aromatic N) is 1. The van der Waals surface area contributed by atoms with Crippen molar-refractivity contribution in [1.29, 1.82) is 0 Å². The maximum absolute atomic E-state index is 12.7. The Morgan fingerprint density at radius 2 is 2.19 bits per heavy atom. The lowest BCUT2D eigenvalue weighted by Gasteiger charge is -2.08. The molecule has 0 aliphatic heterocycles. The number of H-pyrrole nitrogens is 1. The second kappa shape index (κ2) is 5.42. The maximum Gasteiger partial charge on any atom is 0.328 e. The van der Waals surface area contributed by atoms with Crippen molar-refractivity contribution in [3.05, 3.63) is 32.9 Å². The van der Waals surface area contributed by atoms with E-state index in [2.05, 4.69) is 0 Å². The zero-order valence-corrected chi connectivity index (χ0v) is 8.66. The van der Waals surface area contributed by atoms with Crippen molar-refractivity contribution >= 4 is 18.4 Å². The molecule has 0 aromatic carbocycles. The van der Waals surface area contributed by atoms with Gasteiger partial charge in [-0.15, -0.1) is 12.4 Å². The van der Waals surface area contributed by atoms with E-state index in [-0.39, 0.29) is 12.4 Å². The Balaban J connectivity index is 0.00000225. The van der Waals surface area contributed by atoms with Gasteiger partial charge in [0.2, 0.25) is 5.82 Å². The SMILES string of the molecule is Cl.NC(Cn1cc(F)c(=O)[nH]c1=O)C(=O)O. The van der Waals surface area contributed by atoms with Crippen LogP contribution in [0.15, 0.2) is 15.8 Å². The quantitative estimate of drug-likeness (QED) is 0.606. The van der Waals surface area contributed by atoms with Crippen LogP contribution in [0, 0.1) is 5.82 Å². The molecule has 1 rings (SSSR count). The van der Waals surface area contributed by atoms with Crippen LogP contribution in [0.1, 0.15) is 0 Å². The first-order valence-corrected chi connectivity index (χ1v) is 3.89. The Bertz CT molecular complexity index is 497. The van der Waals surface area contributed by atoms with Gasteiger partial charge in [-0.3, -0.25) is 19.1 Å². The van der Waals surface area contributed by atoms with Crippen LogP contribution in [0.4, 0.5) is 4.39 Å². The van der Waals surface area contributed by atoms with Crippen molar-refractivity contribution in [1.82, 2.24) is 9.55 Å². The largest absolute Gasteiger partial charge is 0.480 e. The number of carbonyl (C=O) groups is 1. The highest BCUT2D eigenvalue weighted by molar-refractivity contribution is 5.85. The molecular formula is C7H9ClFN3O4. The van der Waals surface area contributed by atoms with Gasteiger partial charge in [0.25, 0.3) is 5.56 Å². The number of hydrogen-bond acceptors (Lipinski definition) is 4. The summed E-state index contributed by atoms with van der Waals surface area (Å²) in [5, 5.41) is 8.45. The second-order valence-electron chi connectivity index (χ2n) is 2.83. The summed E-state index contributed by atoms with van der Waals surface area (Å²) >= 11 is 0. The Labute approximate surface area is 94.1 Å². The molecule has 90 valence electrons. The van der Waals surface area contributed by atoms with Gasteiger partial charge in [-0.1, -0.05) is 0 Å². The minimum atomic E-state index is -1.34. The smallest absolute Gasteiger partial charge is 0.328 e. The molecule has 1 unspecified atom stereocenters. The van der Waals surface area contributed by atoms with Crippen molar-refractivity contribution < 1.29 is 14.3 Å². The van der Waals surface area contributed by atoms with Gasteiger partial charge in [0, 0.05) is 0 Å². The number of aromatic nitrogens is 2. The summed E-state index contributed by atoms with van der Waals surface area (Å²) in [5.41, 5.74) is 3.07. The van der Waals surface area contributed by atoms with E-state index in [1.54, 1.807) is 4.98 Å². The lowest BCUT2D eigenvalue weighted by molar-refractivity contribution is -0.138. The minimum Gasteiger partial charge on any atom is -0.480 e. The fraction of sp³-hybridized carbons (Fsp3) is 0.286. The first-order valence-electron chi connectivity index (χ1n) is 3.89. The van der Waals surface area contributed by atoms with Gasteiger partial charge in [-0.25, -0.2) is 4.79 Å². The van der Waals surface area contributed by atoms with Crippen molar-refractivity contribution in [3.8, 4) is 0 Å². The zero-order chi connectivity index (χ0) is 11.6. The average Bonchev–Trinajstić information content (AvgIpc) is 2.13. The summed E-state index contributed by atoms with van der Waals surface area (Å²) < 4.78 is 13.4. The predicted octanol–water partition coefficient (Wildman–Crippen LogP) is -1.49. The standard InChI is InChI=1S/C7H8FN3O4.ClH/c8-3-1-11(2-4(9)6(13)14)7(15)10-5(3)12;/h1,4H,2,9H2,(H,13,14)(H,10,12,15);1H. The van der Waals surface area contributed by atoms with E-state index in [4.69, 9.17) is 10.8 Å². The maximum atomic E-state index is 12.7. The number of aromatic amines is 1. The van der Waals surface area contributed by atoms with Gasteiger partial charge in [0.1, 0.15) is 6.04 Å². The van der Waals surface area contributed by atoms with Crippen molar-refractivity contribution in [2.45, 2.75) is 12.6 Å². The number of carboxylic acid groups (broad SMARTS) is 1. The summed E-state index contributed by atoms with van der Waals surface area (Å²) in [6, 6.07) is -1.34. The van der Waals surface area contributed by atoms with Crippen LogP contribution in [0.5, 0.6) is 0 Å². The molecule has 0 spiro atoms. The van der Waals surface area contributed by atoms with Crippen molar-refractivity contribution in [2.24, 2.45) is 5.73 Å². The molecule has 0 bridgehead atoms. The van der Waals surface area contributed by atoms with E-state index in [0.717, 1.165) is 0 Å². The number of nitrogens with two attached hydrogens (primary N) is 1. The third kappa shape index (κ3) is 3.17. The van der Waals surface area contributed by atoms with E-state index in [9.17, 15) is 18.8 Å².